The molecule has 114 valence electrons. The Morgan fingerprint density at radius 1 is 1.29 bits per heavy atom. The molecule has 2 atom stereocenters. The zero-order chi connectivity index (χ0) is 15.6. The fourth-order valence-electron chi connectivity index (χ4n) is 2.12. The van der Waals surface area contributed by atoms with Crippen LogP contribution >= 0.6 is 23.2 Å². The Bertz CT molecular complexity index is 561. The molecule has 2 unspecified atom stereocenters. The number of amides is 2. The molecule has 5 nitrogen and oxygen atoms in total. The van der Waals surface area contributed by atoms with Crippen LogP contribution in [0.5, 0.6) is 0 Å². The molecule has 0 aromatic heterocycles. The molecule has 1 aliphatic carbocycles. The molecule has 0 aliphatic heterocycles. The number of benzene rings is 1. The summed E-state index contributed by atoms with van der Waals surface area (Å²) in [7, 11) is 0. The van der Waals surface area contributed by atoms with E-state index in [4.69, 9.17) is 28.3 Å². The summed E-state index contributed by atoms with van der Waals surface area (Å²) < 4.78 is 0. The summed E-state index contributed by atoms with van der Waals surface area (Å²) in [6.07, 6.45) is 1.66. The van der Waals surface area contributed by atoms with Gasteiger partial charge in [0.25, 0.3) is 0 Å². The van der Waals surface area contributed by atoms with Crippen molar-refractivity contribution in [3.63, 3.8) is 0 Å². The van der Waals surface area contributed by atoms with Crippen LogP contribution in [0.25, 0.3) is 0 Å². The Morgan fingerprint density at radius 3 is 2.48 bits per heavy atom. The van der Waals surface area contributed by atoms with Crippen molar-refractivity contribution >= 4 is 35.2 Å². The summed E-state index contributed by atoms with van der Waals surface area (Å²) in [5.41, 5.74) is 0.717. The van der Waals surface area contributed by atoms with Gasteiger partial charge < -0.3 is 15.7 Å². The first-order valence-electron chi connectivity index (χ1n) is 6.63. The zero-order valence-corrected chi connectivity index (χ0v) is 12.9. The van der Waals surface area contributed by atoms with E-state index in [1.165, 1.54) is 0 Å². The van der Waals surface area contributed by atoms with Crippen molar-refractivity contribution in [1.29, 1.82) is 0 Å². The summed E-state index contributed by atoms with van der Waals surface area (Å²) in [6, 6.07) is 3.29. The summed E-state index contributed by atoms with van der Waals surface area (Å²) >= 11 is 11.9. The summed E-state index contributed by atoms with van der Waals surface area (Å²) in [5, 5.41) is 15.2. The van der Waals surface area contributed by atoms with E-state index in [0.717, 1.165) is 18.4 Å². The Balaban J connectivity index is 1.96. The number of hydrogen-bond donors (Lipinski definition) is 3. The first-order chi connectivity index (χ1) is 9.88. The maximum Gasteiger partial charge on any atom is 0.326 e. The molecule has 1 aromatic rings. The number of hydrogen-bond acceptors (Lipinski definition) is 2. The first kappa shape index (κ1) is 15.9. The lowest BCUT2D eigenvalue weighted by atomic mass is 10.1. The third-order valence-electron chi connectivity index (χ3n) is 3.42. The molecular formula is C14H16Cl2N2O3. The van der Waals surface area contributed by atoms with Gasteiger partial charge in [-0.1, -0.05) is 29.3 Å². The van der Waals surface area contributed by atoms with Gasteiger partial charge in [-0.2, -0.15) is 0 Å². The number of rotatable bonds is 5. The molecule has 1 fully saturated rings. The van der Waals surface area contributed by atoms with Gasteiger partial charge in [-0.25, -0.2) is 9.59 Å². The summed E-state index contributed by atoms with van der Waals surface area (Å²) in [5.74, 6) is -0.979. The molecule has 0 spiro atoms. The van der Waals surface area contributed by atoms with E-state index in [9.17, 15) is 9.59 Å². The van der Waals surface area contributed by atoms with Gasteiger partial charge in [-0.05, 0) is 43.4 Å². The van der Waals surface area contributed by atoms with Crippen LogP contribution in [0.2, 0.25) is 10.0 Å². The highest BCUT2D eigenvalue weighted by molar-refractivity contribution is 6.35. The SMILES string of the molecule is CC(NC(=O)NC(C(=O)O)C1CC1)c1ccc(Cl)cc1Cl. The molecule has 1 aliphatic rings. The normalized spacial score (nSPS) is 16.9. The minimum atomic E-state index is -1.01. The third-order valence-corrected chi connectivity index (χ3v) is 3.99. The van der Waals surface area contributed by atoms with Gasteiger partial charge in [0, 0.05) is 10.0 Å². The fourth-order valence-corrected chi connectivity index (χ4v) is 2.69. The molecule has 0 bridgehead atoms. The molecule has 0 saturated heterocycles. The van der Waals surface area contributed by atoms with Crippen LogP contribution in [0.3, 0.4) is 0 Å². The van der Waals surface area contributed by atoms with Gasteiger partial charge in [0.2, 0.25) is 0 Å². The zero-order valence-electron chi connectivity index (χ0n) is 11.4. The maximum atomic E-state index is 11.9. The van der Waals surface area contributed by atoms with Crippen LogP contribution < -0.4 is 10.6 Å². The molecule has 1 saturated carbocycles. The molecule has 0 radical (unpaired) electrons. The highest BCUT2D eigenvalue weighted by Gasteiger charge is 2.37. The van der Waals surface area contributed by atoms with Gasteiger partial charge in [0.1, 0.15) is 6.04 Å². The maximum absolute atomic E-state index is 11.9. The Hall–Kier alpha value is -1.46. The van der Waals surface area contributed by atoms with Crippen molar-refractivity contribution in [3.8, 4) is 0 Å². The van der Waals surface area contributed by atoms with E-state index >= 15 is 0 Å². The Labute approximate surface area is 132 Å². The number of carbonyl (C=O) groups excluding carboxylic acids is 1. The van der Waals surface area contributed by atoms with E-state index in [-0.39, 0.29) is 12.0 Å². The predicted molar refractivity (Wildman–Crippen MR) is 80.7 cm³/mol. The smallest absolute Gasteiger partial charge is 0.326 e. The van der Waals surface area contributed by atoms with Crippen molar-refractivity contribution in [2.45, 2.75) is 31.8 Å². The number of urea groups is 1. The summed E-state index contributed by atoms with van der Waals surface area (Å²) in [4.78, 5) is 23.0. The number of carboxylic acids is 1. The highest BCUT2D eigenvalue weighted by Crippen LogP contribution is 2.32. The van der Waals surface area contributed by atoms with Crippen molar-refractivity contribution in [2.24, 2.45) is 5.92 Å². The Kier molecular flexibility index (Phi) is 4.96. The van der Waals surface area contributed by atoms with Gasteiger partial charge >= 0.3 is 12.0 Å². The first-order valence-corrected chi connectivity index (χ1v) is 7.39. The van der Waals surface area contributed by atoms with Crippen LogP contribution in [0.4, 0.5) is 4.79 Å². The second-order valence-electron chi connectivity index (χ2n) is 5.16. The van der Waals surface area contributed by atoms with E-state index < -0.39 is 18.0 Å². The molecule has 3 N–H and O–H groups in total. The number of halogens is 2. The number of carbonyl (C=O) groups is 2. The van der Waals surface area contributed by atoms with E-state index in [0.29, 0.717) is 10.0 Å². The molecule has 0 heterocycles. The Morgan fingerprint density at radius 2 is 1.95 bits per heavy atom. The second kappa shape index (κ2) is 6.54. The van der Waals surface area contributed by atoms with Crippen LogP contribution in [-0.2, 0) is 4.79 Å². The van der Waals surface area contributed by atoms with Gasteiger partial charge in [0.05, 0.1) is 6.04 Å². The third kappa shape index (κ3) is 4.25. The quantitative estimate of drug-likeness (QED) is 0.775. The van der Waals surface area contributed by atoms with E-state index in [1.54, 1.807) is 25.1 Å². The second-order valence-corrected chi connectivity index (χ2v) is 6.00. The van der Waals surface area contributed by atoms with Gasteiger partial charge in [-0.15, -0.1) is 0 Å². The fraction of sp³-hybridized carbons (Fsp3) is 0.429. The average molecular weight is 331 g/mol. The molecule has 1 aromatic carbocycles. The molecule has 2 amide bonds. The minimum absolute atomic E-state index is 0.0303. The largest absolute Gasteiger partial charge is 0.480 e. The highest BCUT2D eigenvalue weighted by atomic mass is 35.5. The monoisotopic (exact) mass is 330 g/mol. The van der Waals surface area contributed by atoms with Crippen LogP contribution in [0, 0.1) is 5.92 Å². The van der Waals surface area contributed by atoms with E-state index in [2.05, 4.69) is 10.6 Å². The molecule has 2 rings (SSSR count). The number of nitrogens with one attached hydrogen (secondary N) is 2. The molecule has 7 heteroatoms. The molecular weight excluding hydrogens is 315 g/mol. The van der Waals surface area contributed by atoms with Gasteiger partial charge in [0.15, 0.2) is 0 Å². The lowest BCUT2D eigenvalue weighted by Gasteiger charge is -2.19. The average Bonchev–Trinajstić information content (AvgIpc) is 3.19. The van der Waals surface area contributed by atoms with Crippen molar-refractivity contribution in [3.05, 3.63) is 33.8 Å². The van der Waals surface area contributed by atoms with Crippen molar-refractivity contribution < 1.29 is 14.7 Å². The summed E-state index contributed by atoms with van der Waals surface area (Å²) in [6.45, 7) is 1.77. The van der Waals surface area contributed by atoms with Crippen LogP contribution in [0.1, 0.15) is 31.4 Å². The van der Waals surface area contributed by atoms with Crippen molar-refractivity contribution in [2.75, 3.05) is 0 Å². The topological polar surface area (TPSA) is 78.4 Å². The lowest BCUT2D eigenvalue weighted by Crippen LogP contribution is -2.47. The van der Waals surface area contributed by atoms with E-state index in [1.807, 2.05) is 0 Å². The predicted octanol–water partition coefficient (Wildman–Crippen LogP) is 3.22. The lowest BCUT2D eigenvalue weighted by molar-refractivity contribution is -0.139. The molecule has 21 heavy (non-hydrogen) atoms. The van der Waals surface area contributed by atoms with Crippen LogP contribution in [0.15, 0.2) is 18.2 Å². The minimum Gasteiger partial charge on any atom is -0.480 e. The van der Waals surface area contributed by atoms with Gasteiger partial charge in [-0.3, -0.25) is 0 Å². The standard InChI is InChI=1S/C14H16Cl2N2O3/c1-7(10-5-4-9(15)6-11(10)16)17-14(21)18-12(13(19)20)8-2-3-8/h4-8,12H,2-3H2,1H3,(H,19,20)(H2,17,18,21). The number of aliphatic carboxylic acids is 1. The van der Waals surface area contributed by atoms with Crippen LogP contribution in [-0.4, -0.2) is 23.1 Å². The van der Waals surface area contributed by atoms with Crippen molar-refractivity contribution in [1.82, 2.24) is 10.6 Å². The number of carboxylic acid groups (broad SMARTS) is 1.